The molecule has 1 fully saturated rings. The van der Waals surface area contributed by atoms with Crippen LogP contribution in [0.3, 0.4) is 0 Å². The molecule has 0 saturated carbocycles. The lowest BCUT2D eigenvalue weighted by atomic mass is 9.92. The van der Waals surface area contributed by atoms with E-state index in [1.165, 1.54) is 0 Å². The Bertz CT molecular complexity index is 746. The number of hydrogen-bond donors (Lipinski definition) is 1. The molecule has 0 radical (unpaired) electrons. The molecule has 138 valence electrons. The molecule has 0 aromatic heterocycles. The van der Waals surface area contributed by atoms with Gasteiger partial charge in [-0.1, -0.05) is 35.9 Å². The first-order chi connectivity index (χ1) is 12.5. The van der Waals surface area contributed by atoms with Gasteiger partial charge in [-0.25, -0.2) is 0 Å². The van der Waals surface area contributed by atoms with Crippen molar-refractivity contribution in [3.05, 3.63) is 64.7 Å². The fourth-order valence-corrected chi connectivity index (χ4v) is 3.43. The van der Waals surface area contributed by atoms with Crippen LogP contribution >= 0.6 is 11.6 Å². The first kappa shape index (κ1) is 18.7. The van der Waals surface area contributed by atoms with Crippen molar-refractivity contribution >= 4 is 17.5 Å². The van der Waals surface area contributed by atoms with Gasteiger partial charge in [-0.05, 0) is 55.5 Å². The third-order valence-electron chi connectivity index (χ3n) is 4.91. The van der Waals surface area contributed by atoms with Gasteiger partial charge in [0.15, 0.2) is 0 Å². The van der Waals surface area contributed by atoms with Gasteiger partial charge in [0.2, 0.25) is 0 Å². The number of carbonyl (C=O) groups excluding carboxylic acids is 1. The van der Waals surface area contributed by atoms with Crippen LogP contribution in [-0.4, -0.2) is 29.9 Å². The summed E-state index contributed by atoms with van der Waals surface area (Å²) in [6.45, 7) is 3.89. The SMILES string of the molecule is CC(N)C1CCCN(C(=O)c2ccccc2OCc2ccc(Cl)cc2)C1. The number of rotatable bonds is 5. The van der Waals surface area contributed by atoms with Crippen LogP contribution in [0.2, 0.25) is 5.02 Å². The van der Waals surface area contributed by atoms with E-state index in [1.54, 1.807) is 0 Å². The second kappa shape index (κ2) is 8.56. The molecule has 1 heterocycles. The molecule has 2 atom stereocenters. The van der Waals surface area contributed by atoms with Crippen molar-refractivity contribution in [2.24, 2.45) is 11.7 Å². The van der Waals surface area contributed by atoms with Crippen molar-refractivity contribution in [2.45, 2.75) is 32.4 Å². The minimum Gasteiger partial charge on any atom is -0.488 e. The van der Waals surface area contributed by atoms with Gasteiger partial charge in [0, 0.05) is 24.2 Å². The van der Waals surface area contributed by atoms with E-state index >= 15 is 0 Å². The zero-order valence-corrected chi connectivity index (χ0v) is 15.8. The Morgan fingerprint density at radius 3 is 2.73 bits per heavy atom. The largest absolute Gasteiger partial charge is 0.488 e. The molecule has 26 heavy (non-hydrogen) atoms. The third kappa shape index (κ3) is 4.57. The quantitative estimate of drug-likeness (QED) is 0.858. The molecule has 1 amide bonds. The summed E-state index contributed by atoms with van der Waals surface area (Å²) in [5, 5.41) is 0.693. The maximum Gasteiger partial charge on any atom is 0.257 e. The lowest BCUT2D eigenvalue weighted by Gasteiger charge is -2.35. The standard InChI is InChI=1S/C21H25ClN2O2/c1-15(23)17-5-4-12-24(13-17)21(25)19-6-2-3-7-20(19)26-14-16-8-10-18(22)11-9-16/h2-3,6-11,15,17H,4-5,12-14,23H2,1H3. The molecule has 4 nitrogen and oxygen atoms in total. The predicted molar refractivity (Wildman–Crippen MR) is 105 cm³/mol. The van der Waals surface area contributed by atoms with E-state index in [0.29, 0.717) is 35.4 Å². The number of nitrogens with zero attached hydrogens (tertiary/aromatic N) is 1. The van der Waals surface area contributed by atoms with E-state index in [9.17, 15) is 4.79 Å². The molecule has 3 rings (SSSR count). The van der Waals surface area contributed by atoms with Crippen LogP contribution in [0.4, 0.5) is 0 Å². The minimum atomic E-state index is 0.0158. The Balaban J connectivity index is 1.71. The molecule has 1 aliphatic rings. The highest BCUT2D eigenvalue weighted by Gasteiger charge is 2.27. The average molecular weight is 373 g/mol. The molecule has 0 bridgehead atoms. The lowest BCUT2D eigenvalue weighted by Crippen LogP contribution is -2.45. The van der Waals surface area contributed by atoms with E-state index in [0.717, 1.165) is 24.9 Å². The maximum atomic E-state index is 13.0. The number of ether oxygens (including phenoxy) is 1. The fourth-order valence-electron chi connectivity index (χ4n) is 3.30. The lowest BCUT2D eigenvalue weighted by molar-refractivity contribution is 0.0656. The van der Waals surface area contributed by atoms with Crippen molar-refractivity contribution in [1.29, 1.82) is 0 Å². The normalized spacial score (nSPS) is 18.4. The number of nitrogens with two attached hydrogens (primary N) is 1. The van der Waals surface area contributed by atoms with Crippen LogP contribution in [0, 0.1) is 5.92 Å². The molecule has 5 heteroatoms. The first-order valence-corrected chi connectivity index (χ1v) is 9.43. The first-order valence-electron chi connectivity index (χ1n) is 9.05. The van der Waals surface area contributed by atoms with Crippen LogP contribution in [0.5, 0.6) is 5.75 Å². The summed E-state index contributed by atoms with van der Waals surface area (Å²) in [6, 6.07) is 15.0. The second-order valence-electron chi connectivity index (χ2n) is 6.92. The van der Waals surface area contributed by atoms with Crippen molar-refractivity contribution in [3.8, 4) is 5.75 Å². The summed E-state index contributed by atoms with van der Waals surface area (Å²) in [6.07, 6.45) is 2.07. The number of halogens is 1. The van der Waals surface area contributed by atoms with Gasteiger partial charge >= 0.3 is 0 Å². The molecular formula is C21H25ClN2O2. The number of carbonyl (C=O) groups is 1. The molecule has 0 spiro atoms. The molecule has 0 aliphatic carbocycles. The average Bonchev–Trinajstić information content (AvgIpc) is 2.67. The monoisotopic (exact) mass is 372 g/mol. The van der Waals surface area contributed by atoms with Gasteiger partial charge in [0.1, 0.15) is 12.4 Å². The van der Waals surface area contributed by atoms with Gasteiger partial charge in [-0.15, -0.1) is 0 Å². The van der Waals surface area contributed by atoms with Crippen LogP contribution in [0.25, 0.3) is 0 Å². The smallest absolute Gasteiger partial charge is 0.257 e. The molecule has 2 aromatic rings. The van der Waals surface area contributed by atoms with E-state index in [2.05, 4.69) is 0 Å². The van der Waals surface area contributed by atoms with Crippen LogP contribution in [0.1, 0.15) is 35.7 Å². The van der Waals surface area contributed by atoms with Crippen molar-refractivity contribution in [1.82, 2.24) is 4.90 Å². The Morgan fingerprint density at radius 2 is 2.00 bits per heavy atom. The number of piperidine rings is 1. The summed E-state index contributed by atoms with van der Waals surface area (Å²) in [4.78, 5) is 14.9. The van der Waals surface area contributed by atoms with Crippen molar-refractivity contribution in [3.63, 3.8) is 0 Å². The van der Waals surface area contributed by atoms with Crippen molar-refractivity contribution in [2.75, 3.05) is 13.1 Å². The van der Waals surface area contributed by atoms with E-state index in [4.69, 9.17) is 22.1 Å². The zero-order chi connectivity index (χ0) is 18.5. The maximum absolute atomic E-state index is 13.0. The molecule has 2 aromatic carbocycles. The minimum absolute atomic E-state index is 0.0158. The van der Waals surface area contributed by atoms with Crippen LogP contribution in [0.15, 0.2) is 48.5 Å². The Hall–Kier alpha value is -2.04. The van der Waals surface area contributed by atoms with Crippen molar-refractivity contribution < 1.29 is 9.53 Å². The predicted octanol–water partition coefficient (Wildman–Crippen LogP) is 4.12. The molecule has 1 saturated heterocycles. The molecule has 2 N–H and O–H groups in total. The van der Waals surface area contributed by atoms with Gasteiger partial charge in [-0.2, -0.15) is 0 Å². The van der Waals surface area contributed by atoms with Crippen LogP contribution < -0.4 is 10.5 Å². The summed E-state index contributed by atoms with van der Waals surface area (Å²) in [7, 11) is 0. The van der Waals surface area contributed by atoms with E-state index in [1.807, 2.05) is 60.4 Å². The summed E-state index contributed by atoms with van der Waals surface area (Å²) in [5.74, 6) is 0.979. The number of hydrogen-bond acceptors (Lipinski definition) is 3. The summed E-state index contributed by atoms with van der Waals surface area (Å²) in [5.41, 5.74) is 7.66. The molecule has 2 unspecified atom stereocenters. The third-order valence-corrected chi connectivity index (χ3v) is 5.17. The van der Waals surface area contributed by atoms with Gasteiger partial charge in [-0.3, -0.25) is 4.79 Å². The highest BCUT2D eigenvalue weighted by molar-refractivity contribution is 6.30. The van der Waals surface area contributed by atoms with Gasteiger partial charge < -0.3 is 15.4 Å². The topological polar surface area (TPSA) is 55.6 Å². The summed E-state index contributed by atoms with van der Waals surface area (Å²) >= 11 is 5.92. The molecule has 1 aliphatic heterocycles. The second-order valence-corrected chi connectivity index (χ2v) is 7.36. The summed E-state index contributed by atoms with van der Waals surface area (Å²) < 4.78 is 5.93. The van der Waals surface area contributed by atoms with Gasteiger partial charge in [0.05, 0.1) is 5.56 Å². The number of benzene rings is 2. The zero-order valence-electron chi connectivity index (χ0n) is 15.0. The Kier molecular flexibility index (Phi) is 6.17. The number of para-hydroxylation sites is 1. The van der Waals surface area contributed by atoms with E-state index < -0.39 is 0 Å². The number of amides is 1. The Labute approximate surface area is 159 Å². The van der Waals surface area contributed by atoms with Gasteiger partial charge in [0.25, 0.3) is 5.91 Å². The highest BCUT2D eigenvalue weighted by Crippen LogP contribution is 2.25. The van der Waals surface area contributed by atoms with Crippen LogP contribution in [-0.2, 0) is 6.61 Å². The Morgan fingerprint density at radius 1 is 1.27 bits per heavy atom. The van der Waals surface area contributed by atoms with E-state index in [-0.39, 0.29) is 11.9 Å². The fraction of sp³-hybridized carbons (Fsp3) is 0.381. The highest BCUT2D eigenvalue weighted by atomic mass is 35.5. The number of likely N-dealkylation sites (tertiary alicyclic amines) is 1. The molecular weight excluding hydrogens is 348 g/mol.